The lowest BCUT2D eigenvalue weighted by Gasteiger charge is -2.29. The first kappa shape index (κ1) is 30.7. The fourth-order valence-electron chi connectivity index (χ4n) is 4.13. The van der Waals surface area contributed by atoms with Crippen LogP contribution in [0.25, 0.3) is 0 Å². The molecule has 0 radical (unpaired) electrons. The molecular weight excluding hydrogens is 493 g/mol. The highest BCUT2D eigenvalue weighted by molar-refractivity contribution is 5.20. The second-order valence-corrected chi connectivity index (χ2v) is 9.85. The van der Waals surface area contributed by atoms with E-state index in [4.69, 9.17) is 4.74 Å². The average molecular weight is 546 g/mol. The summed E-state index contributed by atoms with van der Waals surface area (Å²) in [5, 5.41) is 0. The van der Waals surface area contributed by atoms with E-state index in [9.17, 15) is 0 Å². The molecule has 0 atom stereocenters. The van der Waals surface area contributed by atoms with Crippen LogP contribution in [0.15, 0.2) is 30.3 Å². The Morgan fingerprint density at radius 2 is 1.00 bits per heavy atom. The van der Waals surface area contributed by atoms with Gasteiger partial charge in [-0.05, 0) is 25.0 Å². The summed E-state index contributed by atoms with van der Waals surface area (Å²) in [7, 11) is 4.67. The Morgan fingerprint density at radius 3 is 1.45 bits per heavy atom. The van der Waals surface area contributed by atoms with E-state index in [-0.39, 0.29) is 24.0 Å². The number of hydrogen-bond acceptors (Lipinski definition) is 1. The van der Waals surface area contributed by atoms with E-state index in [0.29, 0.717) is 0 Å². The maximum atomic E-state index is 5.86. The minimum Gasteiger partial charge on any atom is -1.00 e. The normalized spacial score (nSPS) is 11.3. The van der Waals surface area contributed by atoms with Crippen LogP contribution >= 0.6 is 0 Å². The highest BCUT2D eigenvalue weighted by Gasteiger charge is 2.14. The van der Waals surface area contributed by atoms with Crippen molar-refractivity contribution >= 4 is 0 Å². The van der Waals surface area contributed by atoms with Crippen molar-refractivity contribution in [2.45, 2.75) is 110 Å². The number of unbranched alkanes of at least 4 members (excludes halogenated alkanes) is 15. The van der Waals surface area contributed by atoms with Gasteiger partial charge in [-0.3, -0.25) is 0 Å². The summed E-state index contributed by atoms with van der Waals surface area (Å²) in [6.07, 6.45) is 23.0. The van der Waals surface area contributed by atoms with Crippen molar-refractivity contribution in [3.8, 4) is 5.75 Å². The van der Waals surface area contributed by atoms with Gasteiger partial charge in [-0.25, -0.2) is 0 Å². The number of ether oxygens (including phenoxy) is 1. The Bertz CT molecular complexity index is 477. The molecule has 0 aliphatic heterocycles. The minimum atomic E-state index is 0. The summed E-state index contributed by atoms with van der Waals surface area (Å²) in [6, 6.07) is 10.2. The first-order chi connectivity index (χ1) is 14.6. The SMILES string of the molecule is CCCCCCCCCCCCCCCCCC[N+](C)(C)CCOc1ccccc1.[I-]. The van der Waals surface area contributed by atoms with Gasteiger partial charge in [0.15, 0.2) is 0 Å². The molecule has 0 spiro atoms. The predicted octanol–water partition coefficient (Wildman–Crippen LogP) is 5.41. The van der Waals surface area contributed by atoms with Crippen molar-refractivity contribution in [1.82, 2.24) is 0 Å². The van der Waals surface area contributed by atoms with Crippen LogP contribution in [0.3, 0.4) is 0 Å². The van der Waals surface area contributed by atoms with Gasteiger partial charge in [-0.2, -0.15) is 0 Å². The van der Waals surface area contributed by atoms with Crippen LogP contribution in [0.1, 0.15) is 110 Å². The smallest absolute Gasteiger partial charge is 0.137 e. The third-order valence-corrected chi connectivity index (χ3v) is 6.33. The summed E-state index contributed by atoms with van der Waals surface area (Å²) in [5.41, 5.74) is 0. The summed E-state index contributed by atoms with van der Waals surface area (Å²) in [5.74, 6) is 0.986. The molecule has 0 amide bonds. The van der Waals surface area contributed by atoms with Crippen LogP contribution in [0.2, 0.25) is 0 Å². The van der Waals surface area contributed by atoms with E-state index in [1.54, 1.807) is 0 Å². The Balaban J connectivity index is 0.00000900. The molecule has 0 saturated heterocycles. The molecule has 0 heterocycles. The molecule has 3 heteroatoms. The zero-order valence-corrected chi connectivity index (χ0v) is 23.2. The highest BCUT2D eigenvalue weighted by atomic mass is 127. The van der Waals surface area contributed by atoms with Crippen molar-refractivity contribution in [2.75, 3.05) is 33.8 Å². The summed E-state index contributed by atoms with van der Waals surface area (Å²) < 4.78 is 6.92. The molecule has 0 bridgehead atoms. The molecule has 0 unspecified atom stereocenters. The summed E-state index contributed by atoms with van der Waals surface area (Å²) >= 11 is 0. The van der Waals surface area contributed by atoms with Gasteiger partial charge in [-0.1, -0.05) is 115 Å². The van der Waals surface area contributed by atoms with Gasteiger partial charge in [0.05, 0.1) is 20.6 Å². The number of nitrogens with zero attached hydrogens (tertiary/aromatic N) is 1. The Hall–Kier alpha value is -0.290. The lowest BCUT2D eigenvalue weighted by Crippen LogP contribution is -3.00. The van der Waals surface area contributed by atoms with Crippen LogP contribution in [0.4, 0.5) is 0 Å². The van der Waals surface area contributed by atoms with Crippen LogP contribution in [0, 0.1) is 0 Å². The molecule has 0 aliphatic rings. The highest BCUT2D eigenvalue weighted by Crippen LogP contribution is 2.14. The Labute approximate surface area is 212 Å². The first-order valence-electron chi connectivity index (χ1n) is 13.1. The van der Waals surface area contributed by atoms with Crippen molar-refractivity contribution in [3.05, 3.63) is 30.3 Å². The predicted molar refractivity (Wildman–Crippen MR) is 133 cm³/mol. The van der Waals surface area contributed by atoms with Crippen LogP contribution in [-0.2, 0) is 0 Å². The lowest BCUT2D eigenvalue weighted by molar-refractivity contribution is -0.890. The minimum absolute atomic E-state index is 0. The second kappa shape index (κ2) is 21.6. The van der Waals surface area contributed by atoms with Crippen LogP contribution in [-0.4, -0.2) is 38.3 Å². The molecule has 1 aromatic carbocycles. The fourth-order valence-corrected chi connectivity index (χ4v) is 4.13. The number of likely N-dealkylation sites (N-methyl/N-ethyl adjacent to an activating group) is 1. The molecule has 0 saturated carbocycles. The fraction of sp³-hybridized carbons (Fsp3) is 0.786. The average Bonchev–Trinajstić information content (AvgIpc) is 2.74. The van der Waals surface area contributed by atoms with E-state index in [0.717, 1.165) is 23.4 Å². The third kappa shape index (κ3) is 20.1. The monoisotopic (exact) mass is 545 g/mol. The zero-order chi connectivity index (χ0) is 21.8. The lowest BCUT2D eigenvalue weighted by atomic mass is 10.0. The second-order valence-electron chi connectivity index (χ2n) is 9.85. The van der Waals surface area contributed by atoms with E-state index >= 15 is 0 Å². The number of benzene rings is 1. The molecular formula is C28H52INO. The van der Waals surface area contributed by atoms with Gasteiger partial charge in [0, 0.05) is 0 Å². The first-order valence-corrected chi connectivity index (χ1v) is 13.1. The molecule has 1 aromatic rings. The molecule has 1 rings (SSSR count). The van der Waals surface area contributed by atoms with Crippen LogP contribution in [0.5, 0.6) is 5.75 Å². The Kier molecular flexibility index (Phi) is 21.3. The van der Waals surface area contributed by atoms with Crippen molar-refractivity contribution in [2.24, 2.45) is 0 Å². The molecule has 0 aromatic heterocycles. The van der Waals surface area contributed by atoms with E-state index < -0.39 is 0 Å². The van der Waals surface area contributed by atoms with Crippen molar-refractivity contribution in [3.63, 3.8) is 0 Å². The number of hydrogen-bond donors (Lipinski definition) is 0. The molecule has 0 N–H and O–H groups in total. The van der Waals surface area contributed by atoms with Gasteiger partial charge < -0.3 is 33.2 Å². The van der Waals surface area contributed by atoms with Gasteiger partial charge in [0.1, 0.15) is 18.9 Å². The number of rotatable bonds is 21. The van der Waals surface area contributed by atoms with E-state index in [2.05, 4.69) is 21.0 Å². The van der Waals surface area contributed by atoms with E-state index in [1.165, 1.54) is 109 Å². The number of halogens is 1. The molecule has 0 fully saturated rings. The largest absolute Gasteiger partial charge is 1.00 e. The number of para-hydroxylation sites is 1. The molecule has 2 nitrogen and oxygen atoms in total. The van der Waals surface area contributed by atoms with E-state index in [1.807, 2.05) is 30.3 Å². The third-order valence-electron chi connectivity index (χ3n) is 6.33. The quantitative estimate of drug-likeness (QED) is 0.114. The van der Waals surface area contributed by atoms with Gasteiger partial charge >= 0.3 is 0 Å². The zero-order valence-electron chi connectivity index (χ0n) is 21.1. The summed E-state index contributed by atoms with van der Waals surface area (Å²) in [6.45, 7) is 5.44. The standard InChI is InChI=1S/C28H52NO.HI/c1-4-5-6-7-8-9-10-11-12-13-14-15-16-17-18-22-25-29(2,3)26-27-30-28-23-20-19-21-24-28;/h19-21,23-24H,4-18,22,25-27H2,1-3H3;1H/q+1;/p-1. The van der Waals surface area contributed by atoms with Crippen molar-refractivity contribution in [1.29, 1.82) is 0 Å². The maximum absolute atomic E-state index is 5.86. The molecule has 0 aliphatic carbocycles. The van der Waals surface area contributed by atoms with Gasteiger partial charge in [0.2, 0.25) is 0 Å². The number of quaternary nitrogens is 1. The summed E-state index contributed by atoms with van der Waals surface area (Å²) in [4.78, 5) is 0. The van der Waals surface area contributed by atoms with Crippen molar-refractivity contribution < 1.29 is 33.2 Å². The maximum Gasteiger partial charge on any atom is 0.137 e. The van der Waals surface area contributed by atoms with Crippen LogP contribution < -0.4 is 28.7 Å². The molecule has 31 heavy (non-hydrogen) atoms. The molecule has 182 valence electrons. The Morgan fingerprint density at radius 1 is 0.581 bits per heavy atom. The van der Waals surface area contributed by atoms with Gasteiger partial charge in [0.25, 0.3) is 0 Å². The van der Waals surface area contributed by atoms with Gasteiger partial charge in [-0.15, -0.1) is 0 Å². The topological polar surface area (TPSA) is 9.23 Å².